The van der Waals surface area contributed by atoms with Crippen LogP contribution in [0.25, 0.3) is 0 Å². The largest absolute Gasteiger partial charge is 0.493 e. The van der Waals surface area contributed by atoms with Gasteiger partial charge in [-0.05, 0) is 35.5 Å². The van der Waals surface area contributed by atoms with Crippen LogP contribution in [0.4, 0.5) is 0 Å². The van der Waals surface area contributed by atoms with Gasteiger partial charge in [0.2, 0.25) is 0 Å². The van der Waals surface area contributed by atoms with Crippen LogP contribution in [0.2, 0.25) is 0 Å². The number of dihydropyridines is 1. The van der Waals surface area contributed by atoms with Crippen LogP contribution in [0.1, 0.15) is 11.6 Å². The maximum atomic E-state index is 9.15. The molecule has 1 aromatic rings. The first-order chi connectivity index (χ1) is 8.78. The topological polar surface area (TPSA) is 50.7 Å². The van der Waals surface area contributed by atoms with Crippen molar-refractivity contribution in [2.24, 2.45) is 0 Å². The highest BCUT2D eigenvalue weighted by atomic mass is 16.5. The predicted octanol–water partition coefficient (Wildman–Crippen LogP) is 1.78. The standard InChI is InChI=1S/C14H17NO3/c1-17-13-4-3-11(8-14(13)18-2)12-7-10(9-16)5-6-15-12/h3-8,12,15-16H,9H2,1-2H3. The Morgan fingerprint density at radius 3 is 2.67 bits per heavy atom. The van der Waals surface area contributed by atoms with Gasteiger partial charge in [0.25, 0.3) is 0 Å². The summed E-state index contributed by atoms with van der Waals surface area (Å²) in [4.78, 5) is 0. The molecule has 1 aliphatic heterocycles. The van der Waals surface area contributed by atoms with Crippen molar-refractivity contribution in [3.05, 3.63) is 47.7 Å². The van der Waals surface area contributed by atoms with E-state index in [0.717, 1.165) is 11.1 Å². The van der Waals surface area contributed by atoms with Crippen molar-refractivity contribution < 1.29 is 14.6 Å². The Balaban J connectivity index is 2.29. The molecule has 0 bridgehead atoms. The molecule has 0 radical (unpaired) electrons. The minimum atomic E-state index is 0.0388. The van der Waals surface area contributed by atoms with Gasteiger partial charge < -0.3 is 19.9 Å². The van der Waals surface area contributed by atoms with Crippen LogP contribution < -0.4 is 14.8 Å². The zero-order valence-electron chi connectivity index (χ0n) is 10.5. The van der Waals surface area contributed by atoms with Crippen molar-refractivity contribution in [3.8, 4) is 11.5 Å². The van der Waals surface area contributed by atoms with E-state index in [1.165, 1.54) is 0 Å². The highest BCUT2D eigenvalue weighted by Crippen LogP contribution is 2.31. The summed E-state index contributed by atoms with van der Waals surface area (Å²) in [5.74, 6) is 1.41. The molecule has 4 nitrogen and oxygen atoms in total. The molecular formula is C14H17NO3. The first-order valence-electron chi connectivity index (χ1n) is 5.74. The molecule has 0 aromatic heterocycles. The van der Waals surface area contributed by atoms with E-state index in [-0.39, 0.29) is 12.6 Å². The van der Waals surface area contributed by atoms with Crippen LogP contribution in [-0.2, 0) is 0 Å². The lowest BCUT2D eigenvalue weighted by Gasteiger charge is -2.20. The Bertz CT molecular complexity index is 480. The van der Waals surface area contributed by atoms with Crippen LogP contribution >= 0.6 is 0 Å². The zero-order chi connectivity index (χ0) is 13.0. The summed E-state index contributed by atoms with van der Waals surface area (Å²) in [6.45, 7) is 0.0436. The molecule has 0 fully saturated rings. The highest BCUT2D eigenvalue weighted by Gasteiger charge is 2.13. The van der Waals surface area contributed by atoms with E-state index in [1.54, 1.807) is 14.2 Å². The lowest BCUT2D eigenvalue weighted by molar-refractivity contribution is 0.333. The summed E-state index contributed by atoms with van der Waals surface area (Å²) in [5.41, 5.74) is 1.96. The van der Waals surface area contributed by atoms with E-state index in [2.05, 4.69) is 5.32 Å². The number of nitrogens with one attached hydrogen (secondary N) is 1. The van der Waals surface area contributed by atoms with Gasteiger partial charge in [-0.1, -0.05) is 12.1 Å². The van der Waals surface area contributed by atoms with Gasteiger partial charge in [-0.3, -0.25) is 0 Å². The van der Waals surface area contributed by atoms with E-state index in [4.69, 9.17) is 14.6 Å². The zero-order valence-corrected chi connectivity index (χ0v) is 10.5. The Morgan fingerprint density at radius 2 is 2.00 bits per heavy atom. The van der Waals surface area contributed by atoms with Crippen LogP contribution in [0, 0.1) is 0 Å². The van der Waals surface area contributed by atoms with Crippen molar-refractivity contribution in [2.75, 3.05) is 20.8 Å². The molecule has 18 heavy (non-hydrogen) atoms. The van der Waals surface area contributed by atoms with E-state index >= 15 is 0 Å². The normalized spacial score (nSPS) is 17.9. The van der Waals surface area contributed by atoms with Crippen LogP contribution in [0.15, 0.2) is 42.1 Å². The summed E-state index contributed by atoms with van der Waals surface area (Å²) in [5, 5.41) is 12.4. The molecule has 1 heterocycles. The smallest absolute Gasteiger partial charge is 0.161 e. The number of aliphatic hydroxyl groups is 1. The van der Waals surface area contributed by atoms with Crippen molar-refractivity contribution in [1.82, 2.24) is 5.32 Å². The molecule has 1 atom stereocenters. The van der Waals surface area contributed by atoms with Crippen molar-refractivity contribution >= 4 is 0 Å². The third-order valence-electron chi connectivity index (χ3n) is 2.90. The number of aliphatic hydroxyl groups excluding tert-OH is 1. The van der Waals surface area contributed by atoms with Crippen molar-refractivity contribution in [2.45, 2.75) is 6.04 Å². The predicted molar refractivity (Wildman–Crippen MR) is 69.7 cm³/mol. The first kappa shape index (κ1) is 12.5. The summed E-state index contributed by atoms with van der Waals surface area (Å²) in [6.07, 6.45) is 5.69. The van der Waals surface area contributed by atoms with Crippen molar-refractivity contribution in [3.63, 3.8) is 0 Å². The minimum absolute atomic E-state index is 0.0388. The monoisotopic (exact) mass is 247 g/mol. The molecule has 0 saturated carbocycles. The van der Waals surface area contributed by atoms with Gasteiger partial charge in [-0.15, -0.1) is 0 Å². The third-order valence-corrected chi connectivity index (χ3v) is 2.90. The second-order valence-electron chi connectivity index (χ2n) is 3.99. The summed E-state index contributed by atoms with van der Waals surface area (Å²) >= 11 is 0. The van der Waals surface area contributed by atoms with E-state index in [9.17, 15) is 0 Å². The first-order valence-corrected chi connectivity index (χ1v) is 5.74. The third kappa shape index (κ3) is 2.49. The molecule has 2 rings (SSSR count). The number of hydrogen-bond donors (Lipinski definition) is 2. The molecule has 96 valence electrons. The van der Waals surface area contributed by atoms with Crippen LogP contribution in [0.3, 0.4) is 0 Å². The van der Waals surface area contributed by atoms with E-state index < -0.39 is 0 Å². The van der Waals surface area contributed by atoms with Gasteiger partial charge in [0.15, 0.2) is 11.5 Å². The highest BCUT2D eigenvalue weighted by molar-refractivity contribution is 5.45. The second-order valence-corrected chi connectivity index (χ2v) is 3.99. The molecule has 2 N–H and O–H groups in total. The Labute approximate surface area is 107 Å². The molecular weight excluding hydrogens is 230 g/mol. The molecule has 1 unspecified atom stereocenters. The van der Waals surface area contributed by atoms with Gasteiger partial charge in [0.1, 0.15) is 0 Å². The van der Waals surface area contributed by atoms with Gasteiger partial charge >= 0.3 is 0 Å². The van der Waals surface area contributed by atoms with Gasteiger partial charge in [0, 0.05) is 0 Å². The fraction of sp³-hybridized carbons (Fsp3) is 0.286. The Hall–Kier alpha value is -1.94. The number of methoxy groups -OCH3 is 2. The second kappa shape index (κ2) is 5.60. The molecule has 4 heteroatoms. The quantitative estimate of drug-likeness (QED) is 0.851. The van der Waals surface area contributed by atoms with E-state index in [0.29, 0.717) is 11.5 Å². The molecule has 0 aliphatic carbocycles. The molecule has 1 aliphatic rings. The summed E-state index contributed by atoms with van der Waals surface area (Å²) in [7, 11) is 3.23. The molecule has 1 aromatic carbocycles. The SMILES string of the molecule is COc1ccc(C2C=C(CO)C=CN2)cc1OC. The van der Waals surface area contributed by atoms with Crippen molar-refractivity contribution in [1.29, 1.82) is 0 Å². The van der Waals surface area contributed by atoms with Gasteiger partial charge in [-0.2, -0.15) is 0 Å². The Morgan fingerprint density at radius 1 is 1.22 bits per heavy atom. The summed E-state index contributed by atoms with van der Waals surface area (Å²) < 4.78 is 10.5. The maximum Gasteiger partial charge on any atom is 0.161 e. The number of benzene rings is 1. The average Bonchev–Trinajstić information content (AvgIpc) is 2.46. The number of hydrogen-bond acceptors (Lipinski definition) is 4. The molecule has 0 amide bonds. The summed E-state index contributed by atoms with van der Waals surface area (Å²) in [6, 6.07) is 5.82. The molecule has 0 spiro atoms. The fourth-order valence-corrected chi connectivity index (χ4v) is 1.92. The van der Waals surface area contributed by atoms with Crippen LogP contribution in [-0.4, -0.2) is 25.9 Å². The average molecular weight is 247 g/mol. The Kier molecular flexibility index (Phi) is 3.89. The number of ether oxygens (including phenoxy) is 2. The maximum absolute atomic E-state index is 9.15. The number of rotatable bonds is 4. The van der Waals surface area contributed by atoms with E-state index in [1.807, 2.05) is 36.6 Å². The fourth-order valence-electron chi connectivity index (χ4n) is 1.92. The molecule has 0 saturated heterocycles. The van der Waals surface area contributed by atoms with Gasteiger partial charge in [0.05, 0.1) is 26.9 Å². The lowest BCUT2D eigenvalue weighted by atomic mass is 10.0. The lowest BCUT2D eigenvalue weighted by Crippen LogP contribution is -2.17. The van der Waals surface area contributed by atoms with Crippen LogP contribution in [0.5, 0.6) is 11.5 Å². The minimum Gasteiger partial charge on any atom is -0.493 e. The van der Waals surface area contributed by atoms with Gasteiger partial charge in [-0.25, -0.2) is 0 Å².